The van der Waals surface area contributed by atoms with E-state index in [0.29, 0.717) is 5.92 Å². The van der Waals surface area contributed by atoms with Gasteiger partial charge in [-0.15, -0.1) is 11.3 Å². The Hall–Kier alpha value is -1.23. The zero-order valence-corrected chi connectivity index (χ0v) is 11.7. The first-order valence-corrected chi connectivity index (χ1v) is 7.75. The summed E-state index contributed by atoms with van der Waals surface area (Å²) in [4.78, 5) is 4.38. The summed E-state index contributed by atoms with van der Waals surface area (Å²) in [5.74, 6) is 6.31. The summed E-state index contributed by atoms with van der Waals surface area (Å²) < 4.78 is 0. The SMILES string of the molecule is NNC(CC1CCCc2ccccc21)c1cscn1. The molecule has 1 heterocycles. The van der Waals surface area contributed by atoms with Crippen LogP contribution < -0.4 is 11.3 Å². The largest absolute Gasteiger partial charge is 0.271 e. The van der Waals surface area contributed by atoms with E-state index in [2.05, 4.69) is 40.1 Å². The third-order valence-corrected chi connectivity index (χ3v) is 4.63. The zero-order valence-electron chi connectivity index (χ0n) is 10.9. The number of fused-ring (bicyclic) bond motifs is 1. The Kier molecular flexibility index (Phi) is 3.92. The summed E-state index contributed by atoms with van der Waals surface area (Å²) in [7, 11) is 0. The van der Waals surface area contributed by atoms with Crippen LogP contribution in [0.3, 0.4) is 0 Å². The number of benzene rings is 1. The highest BCUT2D eigenvalue weighted by Crippen LogP contribution is 2.37. The number of nitrogens with two attached hydrogens (primary N) is 1. The highest BCUT2D eigenvalue weighted by atomic mass is 32.1. The standard InChI is InChI=1S/C15H19N3S/c16-18-14(15-9-19-10-17-15)8-12-6-3-5-11-4-1-2-7-13(11)12/h1-2,4,7,9-10,12,14,18H,3,5-6,8,16H2. The molecular formula is C15H19N3S. The van der Waals surface area contributed by atoms with Crippen LogP contribution in [-0.2, 0) is 6.42 Å². The molecule has 1 aromatic carbocycles. The number of aryl methyl sites for hydroxylation is 1. The van der Waals surface area contributed by atoms with Crippen molar-refractivity contribution in [2.24, 2.45) is 5.84 Å². The summed E-state index contributed by atoms with van der Waals surface area (Å²) in [5, 5.41) is 2.08. The fourth-order valence-electron chi connectivity index (χ4n) is 3.05. The lowest BCUT2D eigenvalue weighted by molar-refractivity contribution is 0.420. The van der Waals surface area contributed by atoms with Gasteiger partial charge in [-0.2, -0.15) is 0 Å². The molecule has 100 valence electrons. The Labute approximate surface area is 117 Å². The molecule has 2 aromatic rings. The molecule has 3 rings (SSSR count). The number of thiazole rings is 1. The highest BCUT2D eigenvalue weighted by molar-refractivity contribution is 7.07. The summed E-state index contributed by atoms with van der Waals surface area (Å²) in [6, 6.07) is 8.97. The number of hydrogen-bond donors (Lipinski definition) is 2. The number of hydrogen-bond acceptors (Lipinski definition) is 4. The van der Waals surface area contributed by atoms with E-state index in [9.17, 15) is 0 Å². The van der Waals surface area contributed by atoms with E-state index < -0.39 is 0 Å². The van der Waals surface area contributed by atoms with Crippen molar-refractivity contribution in [1.82, 2.24) is 10.4 Å². The van der Waals surface area contributed by atoms with Gasteiger partial charge in [0.15, 0.2) is 0 Å². The molecular weight excluding hydrogens is 254 g/mol. The Balaban J connectivity index is 1.80. The molecule has 0 aliphatic heterocycles. The summed E-state index contributed by atoms with van der Waals surface area (Å²) in [6.07, 6.45) is 4.76. The number of rotatable bonds is 4. The van der Waals surface area contributed by atoms with Crippen LogP contribution in [0.5, 0.6) is 0 Å². The van der Waals surface area contributed by atoms with E-state index in [1.807, 2.05) is 5.51 Å². The first kappa shape index (κ1) is 12.8. The third kappa shape index (κ3) is 2.71. The van der Waals surface area contributed by atoms with E-state index >= 15 is 0 Å². The lowest BCUT2D eigenvalue weighted by atomic mass is 9.79. The van der Waals surface area contributed by atoms with Crippen LogP contribution in [0.1, 0.15) is 48.0 Å². The molecule has 0 amide bonds. The number of nitrogens with one attached hydrogen (secondary N) is 1. The average molecular weight is 273 g/mol. The summed E-state index contributed by atoms with van der Waals surface area (Å²) in [6.45, 7) is 0. The molecule has 4 heteroatoms. The molecule has 0 spiro atoms. The predicted octanol–water partition coefficient (Wildman–Crippen LogP) is 3.16. The molecule has 2 unspecified atom stereocenters. The summed E-state index contributed by atoms with van der Waals surface area (Å²) in [5.41, 5.74) is 8.87. The fraction of sp³-hybridized carbons (Fsp3) is 0.400. The minimum atomic E-state index is 0.155. The van der Waals surface area contributed by atoms with Gasteiger partial charge in [-0.1, -0.05) is 24.3 Å². The number of nitrogens with zero attached hydrogens (tertiary/aromatic N) is 1. The molecule has 0 fully saturated rings. The van der Waals surface area contributed by atoms with Gasteiger partial charge >= 0.3 is 0 Å². The molecule has 2 atom stereocenters. The fourth-order valence-corrected chi connectivity index (χ4v) is 3.66. The molecule has 0 radical (unpaired) electrons. The Bertz CT molecular complexity index is 524. The van der Waals surface area contributed by atoms with Gasteiger partial charge in [-0.3, -0.25) is 11.3 Å². The second-order valence-electron chi connectivity index (χ2n) is 5.16. The molecule has 0 saturated carbocycles. The van der Waals surface area contributed by atoms with Gasteiger partial charge in [-0.05, 0) is 42.7 Å². The first-order chi connectivity index (χ1) is 9.38. The van der Waals surface area contributed by atoms with Gasteiger partial charge in [0.2, 0.25) is 0 Å². The van der Waals surface area contributed by atoms with E-state index in [4.69, 9.17) is 5.84 Å². The van der Waals surface area contributed by atoms with Crippen LogP contribution in [0.4, 0.5) is 0 Å². The second kappa shape index (κ2) is 5.82. The van der Waals surface area contributed by atoms with Gasteiger partial charge in [-0.25, -0.2) is 4.98 Å². The average Bonchev–Trinajstić information content (AvgIpc) is 2.99. The first-order valence-electron chi connectivity index (χ1n) is 6.80. The van der Waals surface area contributed by atoms with E-state index in [1.165, 1.54) is 30.4 Å². The van der Waals surface area contributed by atoms with Crippen molar-refractivity contribution in [1.29, 1.82) is 0 Å². The Morgan fingerprint density at radius 2 is 2.32 bits per heavy atom. The molecule has 1 aliphatic rings. The maximum absolute atomic E-state index is 5.72. The van der Waals surface area contributed by atoms with Crippen LogP contribution in [0.25, 0.3) is 0 Å². The molecule has 19 heavy (non-hydrogen) atoms. The van der Waals surface area contributed by atoms with Crippen molar-refractivity contribution in [2.75, 3.05) is 0 Å². The maximum Gasteiger partial charge on any atom is 0.0795 e. The Morgan fingerprint density at radius 1 is 1.42 bits per heavy atom. The molecule has 3 N–H and O–H groups in total. The van der Waals surface area contributed by atoms with Crippen molar-refractivity contribution < 1.29 is 0 Å². The minimum absolute atomic E-state index is 0.155. The van der Waals surface area contributed by atoms with Crippen LogP contribution in [0, 0.1) is 0 Å². The number of aromatic nitrogens is 1. The minimum Gasteiger partial charge on any atom is -0.271 e. The van der Waals surface area contributed by atoms with Crippen molar-refractivity contribution in [3.63, 3.8) is 0 Å². The van der Waals surface area contributed by atoms with Crippen molar-refractivity contribution in [3.8, 4) is 0 Å². The summed E-state index contributed by atoms with van der Waals surface area (Å²) >= 11 is 1.62. The van der Waals surface area contributed by atoms with Gasteiger partial charge in [0.25, 0.3) is 0 Å². The van der Waals surface area contributed by atoms with Gasteiger partial charge in [0.05, 0.1) is 17.2 Å². The molecule has 1 aromatic heterocycles. The predicted molar refractivity (Wildman–Crippen MR) is 78.9 cm³/mol. The van der Waals surface area contributed by atoms with Crippen LogP contribution >= 0.6 is 11.3 Å². The smallest absolute Gasteiger partial charge is 0.0795 e. The molecule has 0 bridgehead atoms. The van der Waals surface area contributed by atoms with Gasteiger partial charge < -0.3 is 0 Å². The van der Waals surface area contributed by atoms with Gasteiger partial charge in [0.1, 0.15) is 0 Å². The van der Waals surface area contributed by atoms with Gasteiger partial charge in [0, 0.05) is 5.38 Å². The third-order valence-electron chi connectivity index (χ3n) is 4.02. The molecule has 3 nitrogen and oxygen atoms in total. The maximum atomic E-state index is 5.72. The van der Waals surface area contributed by atoms with E-state index in [1.54, 1.807) is 11.3 Å². The van der Waals surface area contributed by atoms with Crippen molar-refractivity contribution >= 4 is 11.3 Å². The van der Waals surface area contributed by atoms with Crippen LogP contribution in [0.2, 0.25) is 0 Å². The molecule has 0 saturated heterocycles. The van der Waals surface area contributed by atoms with Crippen molar-refractivity contribution in [2.45, 2.75) is 37.6 Å². The highest BCUT2D eigenvalue weighted by Gasteiger charge is 2.24. The topological polar surface area (TPSA) is 50.9 Å². The van der Waals surface area contributed by atoms with Crippen LogP contribution in [-0.4, -0.2) is 4.98 Å². The second-order valence-corrected chi connectivity index (χ2v) is 5.87. The number of hydrazine groups is 1. The monoisotopic (exact) mass is 273 g/mol. The Morgan fingerprint density at radius 3 is 3.11 bits per heavy atom. The lowest BCUT2D eigenvalue weighted by Crippen LogP contribution is -2.30. The quantitative estimate of drug-likeness (QED) is 0.664. The van der Waals surface area contributed by atoms with Crippen molar-refractivity contribution in [3.05, 3.63) is 52.0 Å². The molecule has 1 aliphatic carbocycles. The normalized spacial score (nSPS) is 19.9. The van der Waals surface area contributed by atoms with Crippen LogP contribution in [0.15, 0.2) is 35.2 Å². The zero-order chi connectivity index (χ0) is 13.1. The lowest BCUT2D eigenvalue weighted by Gasteiger charge is -2.28. The van der Waals surface area contributed by atoms with E-state index in [0.717, 1.165) is 12.1 Å². The van der Waals surface area contributed by atoms with E-state index in [-0.39, 0.29) is 6.04 Å².